The van der Waals surface area contributed by atoms with Gasteiger partial charge in [0.15, 0.2) is 0 Å². The van der Waals surface area contributed by atoms with Crippen LogP contribution in [0.1, 0.15) is 12.0 Å². The Morgan fingerprint density at radius 3 is 1.36 bits per heavy atom. The molecular weight excluding hydrogens is 604 g/mol. The number of hydrogen-bond donors (Lipinski definition) is 0. The summed E-state index contributed by atoms with van der Waals surface area (Å²) in [6.45, 7) is 3.61. The lowest BCUT2D eigenvalue weighted by atomic mass is 9.81. The Labute approximate surface area is 250 Å². The third-order valence-electron chi connectivity index (χ3n) is 5.96. The highest BCUT2D eigenvalue weighted by molar-refractivity contribution is 9.10. The van der Waals surface area contributed by atoms with Crippen LogP contribution in [0.25, 0.3) is 0 Å². The molecule has 0 radical (unpaired) electrons. The van der Waals surface area contributed by atoms with Crippen LogP contribution in [0.4, 0.5) is 0 Å². The molecule has 0 amide bonds. The predicted octanol–water partition coefficient (Wildman–Crippen LogP) is 6.24. The molecule has 0 saturated carbocycles. The number of para-hydroxylation sites is 3. The molecule has 0 N–H and O–H groups in total. The number of esters is 4. The van der Waals surface area contributed by atoms with Gasteiger partial charge in [-0.3, -0.25) is 0 Å². The molecule has 0 unspecified atom stereocenters. The molecule has 0 atom stereocenters. The minimum Gasteiger partial charge on any atom is -0.457 e. The van der Waals surface area contributed by atoms with Crippen molar-refractivity contribution >= 4 is 39.8 Å². The van der Waals surface area contributed by atoms with Gasteiger partial charge in [0.25, 0.3) is 5.41 Å². The summed E-state index contributed by atoms with van der Waals surface area (Å²) in [4.78, 5) is 54.6. The molecule has 212 valence electrons. The van der Waals surface area contributed by atoms with Gasteiger partial charge >= 0.3 is 23.9 Å². The maximum Gasteiger partial charge on any atom is 0.340 e. The Morgan fingerprint density at radius 2 is 0.976 bits per heavy atom. The van der Waals surface area contributed by atoms with Crippen LogP contribution in [0.15, 0.2) is 132 Å². The van der Waals surface area contributed by atoms with Gasteiger partial charge in [0.05, 0.1) is 0 Å². The van der Waals surface area contributed by atoms with Crippen molar-refractivity contribution in [2.75, 3.05) is 0 Å². The summed E-state index contributed by atoms with van der Waals surface area (Å²) >= 11 is 3.34. The Morgan fingerprint density at radius 1 is 0.595 bits per heavy atom. The van der Waals surface area contributed by atoms with Crippen LogP contribution in [0, 0.1) is 5.41 Å². The number of rotatable bonds is 11. The quantitative estimate of drug-likeness (QED) is 0.0831. The zero-order chi connectivity index (χ0) is 30.0. The highest BCUT2D eigenvalue weighted by atomic mass is 79.9. The lowest BCUT2D eigenvalue weighted by molar-refractivity contribution is -0.171. The van der Waals surface area contributed by atoms with E-state index < -0.39 is 35.7 Å². The van der Waals surface area contributed by atoms with Gasteiger partial charge in [-0.25, -0.2) is 19.2 Å². The predicted molar refractivity (Wildman–Crippen MR) is 156 cm³/mol. The van der Waals surface area contributed by atoms with E-state index in [0.717, 1.165) is 4.47 Å². The summed E-state index contributed by atoms with van der Waals surface area (Å²) in [5.74, 6) is -4.75. The van der Waals surface area contributed by atoms with Gasteiger partial charge in [-0.05, 0) is 54.1 Å². The van der Waals surface area contributed by atoms with E-state index >= 15 is 0 Å². The minimum absolute atomic E-state index is 0.0512. The lowest BCUT2D eigenvalue weighted by Gasteiger charge is -2.27. The van der Waals surface area contributed by atoms with Crippen LogP contribution >= 0.6 is 15.9 Å². The van der Waals surface area contributed by atoms with Crippen molar-refractivity contribution in [3.8, 4) is 17.2 Å². The molecule has 0 fully saturated rings. The van der Waals surface area contributed by atoms with E-state index in [-0.39, 0.29) is 29.4 Å². The Hall–Kier alpha value is -5.02. The standard InChI is InChI=1S/C33H25BrO8/c1-23(29(35)39-22-24-17-19-25(34)20-18-24)21-33(30(36)40-26-11-5-2-6-12-26,31(37)41-27-13-7-3-8-14-27)32(38)42-28-15-9-4-10-16-28/h2-20H,1,21-22H2. The van der Waals surface area contributed by atoms with Crippen LogP contribution < -0.4 is 14.2 Å². The summed E-state index contributed by atoms with van der Waals surface area (Å²) < 4.78 is 22.6. The third kappa shape index (κ3) is 7.58. The number of carbonyl (C=O) groups excluding carboxylic acids is 4. The Balaban J connectivity index is 1.69. The van der Waals surface area contributed by atoms with Crippen LogP contribution in [-0.2, 0) is 30.5 Å². The van der Waals surface area contributed by atoms with Gasteiger partial charge in [-0.2, -0.15) is 0 Å². The number of ether oxygens (including phenoxy) is 4. The second-order valence-corrected chi connectivity index (χ2v) is 9.91. The first-order valence-corrected chi connectivity index (χ1v) is 13.5. The summed E-state index contributed by atoms with van der Waals surface area (Å²) in [6.07, 6.45) is -0.838. The summed E-state index contributed by atoms with van der Waals surface area (Å²) in [7, 11) is 0. The average molecular weight is 629 g/mol. The van der Waals surface area contributed by atoms with Crippen molar-refractivity contribution in [3.05, 3.63) is 137 Å². The van der Waals surface area contributed by atoms with Crippen LogP contribution in [0.2, 0.25) is 0 Å². The molecule has 0 aliphatic heterocycles. The summed E-state index contributed by atoms with van der Waals surface area (Å²) in [6, 6.07) is 30.6. The maximum atomic E-state index is 13.8. The molecule has 0 saturated heterocycles. The van der Waals surface area contributed by atoms with Gasteiger partial charge in [0, 0.05) is 16.5 Å². The SMILES string of the molecule is C=C(CC(C(=O)Oc1ccccc1)(C(=O)Oc1ccccc1)C(=O)Oc1ccccc1)C(=O)OCc1ccc(Br)cc1. The largest absolute Gasteiger partial charge is 0.457 e. The Kier molecular flexibility index (Phi) is 10.0. The second-order valence-electron chi connectivity index (χ2n) is 9.00. The molecule has 4 rings (SSSR count). The van der Waals surface area contributed by atoms with Crippen LogP contribution in [-0.4, -0.2) is 23.9 Å². The minimum atomic E-state index is -2.80. The molecule has 0 bridgehead atoms. The average Bonchev–Trinajstić information content (AvgIpc) is 3.00. The first-order chi connectivity index (χ1) is 20.3. The summed E-state index contributed by atoms with van der Waals surface area (Å²) in [5, 5.41) is 0. The van der Waals surface area contributed by atoms with E-state index in [2.05, 4.69) is 22.5 Å². The second kappa shape index (κ2) is 14.0. The molecule has 42 heavy (non-hydrogen) atoms. The third-order valence-corrected chi connectivity index (χ3v) is 6.49. The zero-order valence-corrected chi connectivity index (χ0v) is 23.8. The Bertz CT molecular complexity index is 1420. The molecule has 0 spiro atoms. The zero-order valence-electron chi connectivity index (χ0n) is 22.2. The monoisotopic (exact) mass is 628 g/mol. The molecule has 0 aliphatic rings. The van der Waals surface area contributed by atoms with Crippen molar-refractivity contribution in [3.63, 3.8) is 0 Å². The highest BCUT2D eigenvalue weighted by Crippen LogP contribution is 2.34. The van der Waals surface area contributed by atoms with Crippen molar-refractivity contribution in [2.45, 2.75) is 13.0 Å². The van der Waals surface area contributed by atoms with Crippen molar-refractivity contribution in [1.29, 1.82) is 0 Å². The smallest absolute Gasteiger partial charge is 0.340 e. The van der Waals surface area contributed by atoms with Gasteiger partial charge < -0.3 is 18.9 Å². The fourth-order valence-corrected chi connectivity index (χ4v) is 4.00. The van der Waals surface area contributed by atoms with E-state index in [1.807, 2.05) is 0 Å². The maximum absolute atomic E-state index is 13.8. The van der Waals surface area contributed by atoms with E-state index in [9.17, 15) is 19.2 Å². The molecule has 0 heterocycles. The number of halogens is 1. The van der Waals surface area contributed by atoms with E-state index in [4.69, 9.17) is 18.9 Å². The normalized spacial score (nSPS) is 10.7. The van der Waals surface area contributed by atoms with Gasteiger partial charge in [0.1, 0.15) is 23.9 Å². The fraction of sp³-hybridized carbons (Fsp3) is 0.0909. The topological polar surface area (TPSA) is 105 Å². The van der Waals surface area contributed by atoms with E-state index in [1.54, 1.807) is 78.9 Å². The first-order valence-electron chi connectivity index (χ1n) is 12.7. The molecule has 0 aliphatic carbocycles. The van der Waals surface area contributed by atoms with Crippen molar-refractivity contribution < 1.29 is 38.1 Å². The lowest BCUT2D eigenvalue weighted by Crippen LogP contribution is -2.53. The van der Waals surface area contributed by atoms with E-state index in [0.29, 0.717) is 5.56 Å². The van der Waals surface area contributed by atoms with Crippen LogP contribution in [0.5, 0.6) is 17.2 Å². The van der Waals surface area contributed by atoms with E-state index in [1.165, 1.54) is 36.4 Å². The fourth-order valence-electron chi connectivity index (χ4n) is 3.74. The molecule has 9 heteroatoms. The molecule has 4 aromatic carbocycles. The highest BCUT2D eigenvalue weighted by Gasteiger charge is 2.59. The van der Waals surface area contributed by atoms with Gasteiger partial charge in [-0.15, -0.1) is 0 Å². The van der Waals surface area contributed by atoms with Crippen molar-refractivity contribution in [2.24, 2.45) is 5.41 Å². The first kappa shape index (κ1) is 30.0. The van der Waals surface area contributed by atoms with Crippen molar-refractivity contribution in [1.82, 2.24) is 0 Å². The number of carbonyl (C=O) groups is 4. The summed E-state index contributed by atoms with van der Waals surface area (Å²) in [5.41, 5.74) is -2.47. The number of hydrogen-bond acceptors (Lipinski definition) is 8. The van der Waals surface area contributed by atoms with Gasteiger partial charge in [-0.1, -0.05) is 89.2 Å². The molecule has 0 aromatic heterocycles. The molecule has 4 aromatic rings. The van der Waals surface area contributed by atoms with Gasteiger partial charge in [0.2, 0.25) is 0 Å². The number of benzene rings is 4. The molecule has 8 nitrogen and oxygen atoms in total. The molecular formula is C33H25BrO8. The van der Waals surface area contributed by atoms with Crippen LogP contribution in [0.3, 0.4) is 0 Å².